The van der Waals surface area contributed by atoms with Gasteiger partial charge in [-0.2, -0.15) is 0 Å². The molecule has 2 heteroatoms. The van der Waals surface area contributed by atoms with Gasteiger partial charge in [0.05, 0.1) is 0 Å². The minimum Gasteiger partial charge on any atom is -0.306 e. The number of rotatable bonds is 4. The first-order chi connectivity index (χ1) is 9.63. The van der Waals surface area contributed by atoms with Gasteiger partial charge in [-0.25, -0.2) is 0 Å². The first-order valence-corrected chi connectivity index (χ1v) is 8.10. The van der Waals surface area contributed by atoms with E-state index >= 15 is 0 Å². The van der Waals surface area contributed by atoms with E-state index in [9.17, 15) is 0 Å². The molecule has 0 amide bonds. The van der Waals surface area contributed by atoms with Crippen LogP contribution in [0.4, 0.5) is 0 Å². The van der Waals surface area contributed by atoms with Crippen molar-refractivity contribution in [2.75, 3.05) is 26.7 Å². The molecular formula is C18H28N2. The molecule has 0 unspecified atom stereocenters. The normalized spacial score (nSPS) is 31.1. The first kappa shape index (κ1) is 14.1. The number of benzene rings is 1. The van der Waals surface area contributed by atoms with E-state index in [0.717, 1.165) is 30.3 Å². The lowest BCUT2D eigenvalue weighted by Crippen LogP contribution is -2.36. The number of hydrogen-bond donors (Lipinski definition) is 0. The molecule has 0 N–H and O–H groups in total. The maximum absolute atomic E-state index is 2.76. The summed E-state index contributed by atoms with van der Waals surface area (Å²) < 4.78 is 0. The molecule has 1 aromatic rings. The van der Waals surface area contributed by atoms with Crippen molar-refractivity contribution in [2.24, 2.45) is 17.8 Å². The summed E-state index contributed by atoms with van der Waals surface area (Å²) in [6.07, 6.45) is 1.35. The molecule has 0 aliphatic carbocycles. The van der Waals surface area contributed by atoms with E-state index in [1.807, 2.05) is 0 Å². The van der Waals surface area contributed by atoms with E-state index < -0.39 is 0 Å². The SMILES string of the molecule is CC(C)C[C@@H]1[C@H]2CN(C)C[C@@H]2CN1Cc1ccccc1. The summed E-state index contributed by atoms with van der Waals surface area (Å²) in [6, 6.07) is 11.8. The monoisotopic (exact) mass is 272 g/mol. The van der Waals surface area contributed by atoms with Crippen LogP contribution in [0.15, 0.2) is 30.3 Å². The highest BCUT2D eigenvalue weighted by atomic mass is 15.2. The lowest BCUT2D eigenvalue weighted by Gasteiger charge is -2.30. The summed E-state index contributed by atoms with van der Waals surface area (Å²) >= 11 is 0. The Balaban J connectivity index is 1.73. The molecule has 1 aromatic carbocycles. The van der Waals surface area contributed by atoms with Gasteiger partial charge in [0, 0.05) is 32.2 Å². The summed E-state index contributed by atoms with van der Waals surface area (Å²) in [5.41, 5.74) is 1.47. The fourth-order valence-corrected chi connectivity index (χ4v) is 4.26. The van der Waals surface area contributed by atoms with Gasteiger partial charge in [0.1, 0.15) is 0 Å². The van der Waals surface area contributed by atoms with Gasteiger partial charge in [-0.05, 0) is 36.8 Å². The van der Waals surface area contributed by atoms with Crippen LogP contribution in [-0.2, 0) is 6.54 Å². The maximum Gasteiger partial charge on any atom is 0.0236 e. The number of hydrogen-bond acceptors (Lipinski definition) is 2. The standard InChI is InChI=1S/C18H28N2/c1-14(2)9-18-17-13-19(3)11-16(17)12-20(18)10-15-7-5-4-6-8-15/h4-8,14,16-18H,9-13H2,1-3H3/t16-,17+,18-/m1/s1. The third kappa shape index (κ3) is 2.91. The first-order valence-electron chi connectivity index (χ1n) is 8.10. The highest BCUT2D eigenvalue weighted by Crippen LogP contribution is 2.39. The zero-order valence-corrected chi connectivity index (χ0v) is 13.1. The van der Waals surface area contributed by atoms with Crippen molar-refractivity contribution in [1.29, 1.82) is 0 Å². The zero-order chi connectivity index (χ0) is 14.1. The smallest absolute Gasteiger partial charge is 0.0236 e. The fraction of sp³-hybridized carbons (Fsp3) is 0.667. The van der Waals surface area contributed by atoms with E-state index in [0.29, 0.717) is 0 Å². The maximum atomic E-state index is 2.76. The molecule has 2 saturated heterocycles. The second-order valence-corrected chi connectivity index (χ2v) is 7.26. The Kier molecular flexibility index (Phi) is 4.13. The molecule has 0 spiro atoms. The zero-order valence-electron chi connectivity index (χ0n) is 13.1. The van der Waals surface area contributed by atoms with Crippen molar-refractivity contribution in [2.45, 2.75) is 32.9 Å². The van der Waals surface area contributed by atoms with E-state index in [2.05, 4.69) is 61.0 Å². The molecule has 2 aliphatic rings. The molecule has 3 rings (SSSR count). The van der Waals surface area contributed by atoms with Crippen molar-refractivity contribution >= 4 is 0 Å². The van der Waals surface area contributed by atoms with Crippen LogP contribution in [0.3, 0.4) is 0 Å². The molecule has 110 valence electrons. The van der Waals surface area contributed by atoms with Crippen molar-refractivity contribution in [1.82, 2.24) is 9.80 Å². The van der Waals surface area contributed by atoms with Crippen LogP contribution < -0.4 is 0 Å². The van der Waals surface area contributed by atoms with E-state index in [1.54, 1.807) is 0 Å². The average Bonchev–Trinajstić information content (AvgIpc) is 2.89. The van der Waals surface area contributed by atoms with Crippen LogP contribution >= 0.6 is 0 Å². The predicted octanol–water partition coefficient (Wildman–Crippen LogP) is 3.09. The molecule has 2 fully saturated rings. The topological polar surface area (TPSA) is 6.48 Å². The summed E-state index contributed by atoms with van der Waals surface area (Å²) in [5.74, 6) is 2.58. The van der Waals surface area contributed by atoms with Crippen LogP contribution in [0.25, 0.3) is 0 Å². The second kappa shape index (κ2) is 5.87. The Morgan fingerprint density at radius 2 is 1.85 bits per heavy atom. The Hall–Kier alpha value is -0.860. The Morgan fingerprint density at radius 3 is 2.55 bits per heavy atom. The van der Waals surface area contributed by atoms with Gasteiger partial charge < -0.3 is 4.90 Å². The van der Waals surface area contributed by atoms with Crippen LogP contribution in [-0.4, -0.2) is 42.5 Å². The Labute approximate surface area is 123 Å². The molecular weight excluding hydrogens is 244 g/mol. The molecule has 0 aromatic heterocycles. The molecule has 0 saturated carbocycles. The number of nitrogens with zero attached hydrogens (tertiary/aromatic N) is 2. The molecule has 20 heavy (non-hydrogen) atoms. The van der Waals surface area contributed by atoms with E-state index in [4.69, 9.17) is 0 Å². The fourth-order valence-electron chi connectivity index (χ4n) is 4.26. The number of likely N-dealkylation sites (tertiary alicyclic amines) is 2. The Morgan fingerprint density at radius 1 is 1.10 bits per heavy atom. The minimum atomic E-state index is 0.783. The van der Waals surface area contributed by atoms with Crippen molar-refractivity contribution in [3.8, 4) is 0 Å². The largest absolute Gasteiger partial charge is 0.306 e. The van der Waals surface area contributed by atoms with Crippen molar-refractivity contribution in [3.63, 3.8) is 0 Å². The molecule has 0 radical (unpaired) electrons. The third-order valence-corrected chi connectivity index (χ3v) is 5.05. The Bertz CT molecular complexity index is 428. The van der Waals surface area contributed by atoms with Gasteiger partial charge in [0.25, 0.3) is 0 Å². The lowest BCUT2D eigenvalue weighted by atomic mass is 9.89. The van der Waals surface area contributed by atoms with E-state index in [-0.39, 0.29) is 0 Å². The van der Waals surface area contributed by atoms with Gasteiger partial charge in [0.2, 0.25) is 0 Å². The van der Waals surface area contributed by atoms with Crippen molar-refractivity contribution < 1.29 is 0 Å². The van der Waals surface area contributed by atoms with Gasteiger partial charge >= 0.3 is 0 Å². The average molecular weight is 272 g/mol. The molecule has 2 heterocycles. The molecule has 2 aliphatic heterocycles. The summed E-state index contributed by atoms with van der Waals surface area (Å²) in [6.45, 7) is 9.76. The van der Waals surface area contributed by atoms with Crippen LogP contribution in [0.5, 0.6) is 0 Å². The van der Waals surface area contributed by atoms with Crippen LogP contribution in [0, 0.1) is 17.8 Å². The quantitative estimate of drug-likeness (QED) is 0.831. The lowest BCUT2D eigenvalue weighted by molar-refractivity contribution is 0.174. The minimum absolute atomic E-state index is 0.783. The van der Waals surface area contributed by atoms with Gasteiger partial charge in [-0.3, -0.25) is 4.90 Å². The second-order valence-electron chi connectivity index (χ2n) is 7.26. The summed E-state index contributed by atoms with van der Waals surface area (Å²) in [5, 5.41) is 0. The van der Waals surface area contributed by atoms with Gasteiger partial charge in [-0.1, -0.05) is 44.2 Å². The van der Waals surface area contributed by atoms with Crippen LogP contribution in [0.1, 0.15) is 25.8 Å². The summed E-state index contributed by atoms with van der Waals surface area (Å²) in [7, 11) is 2.28. The molecule has 2 nitrogen and oxygen atoms in total. The summed E-state index contributed by atoms with van der Waals surface area (Å²) in [4.78, 5) is 5.29. The van der Waals surface area contributed by atoms with Gasteiger partial charge in [-0.15, -0.1) is 0 Å². The van der Waals surface area contributed by atoms with Gasteiger partial charge in [0.15, 0.2) is 0 Å². The highest BCUT2D eigenvalue weighted by Gasteiger charge is 2.45. The third-order valence-electron chi connectivity index (χ3n) is 5.05. The predicted molar refractivity (Wildman–Crippen MR) is 84.6 cm³/mol. The van der Waals surface area contributed by atoms with E-state index in [1.165, 1.54) is 31.6 Å². The van der Waals surface area contributed by atoms with Crippen molar-refractivity contribution in [3.05, 3.63) is 35.9 Å². The number of fused-ring (bicyclic) bond motifs is 1. The molecule has 3 atom stereocenters. The van der Waals surface area contributed by atoms with Crippen LogP contribution in [0.2, 0.25) is 0 Å². The molecule has 0 bridgehead atoms. The highest BCUT2D eigenvalue weighted by molar-refractivity contribution is 5.15.